The van der Waals surface area contributed by atoms with Crippen LogP contribution in [-0.2, 0) is 11.4 Å². The van der Waals surface area contributed by atoms with E-state index in [1.54, 1.807) is 0 Å². The molecule has 0 fully saturated rings. The van der Waals surface area contributed by atoms with Crippen LogP contribution in [0, 0.1) is 26.7 Å². The minimum absolute atomic E-state index is 0.0890. The molecule has 8 heteroatoms. The lowest BCUT2D eigenvalue weighted by Crippen LogP contribution is -2.22. The van der Waals surface area contributed by atoms with Gasteiger partial charge in [0.2, 0.25) is 0 Å². The number of aromatic nitrogens is 2. The largest absolute Gasteiger partial charge is 0.489 e. The summed E-state index contributed by atoms with van der Waals surface area (Å²) in [5.74, 6) is -0.732. The Morgan fingerprint density at radius 2 is 1.60 bits per heavy atom. The fourth-order valence-corrected chi connectivity index (χ4v) is 5.93. The SMILES string of the molecule is CCC(C(=O)O)C1c2ccccc2-c2cc(OCc3cccc(-c4c(C)nc(OC[C@@H](O)CO)nc4C)c3C)ccc21. The van der Waals surface area contributed by atoms with Crippen LogP contribution in [0.3, 0.4) is 0 Å². The molecule has 0 amide bonds. The Labute approximate surface area is 245 Å². The third kappa shape index (κ3) is 5.60. The van der Waals surface area contributed by atoms with E-state index >= 15 is 0 Å². The smallest absolute Gasteiger partial charge is 0.316 e. The van der Waals surface area contributed by atoms with E-state index in [0.717, 1.165) is 61.6 Å². The lowest BCUT2D eigenvalue weighted by Gasteiger charge is -2.21. The zero-order chi connectivity index (χ0) is 30.0. The molecule has 0 radical (unpaired) electrons. The first-order chi connectivity index (χ1) is 20.2. The van der Waals surface area contributed by atoms with Crippen LogP contribution in [0.5, 0.6) is 11.8 Å². The van der Waals surface area contributed by atoms with Gasteiger partial charge in [0.1, 0.15) is 25.1 Å². The van der Waals surface area contributed by atoms with Gasteiger partial charge in [-0.15, -0.1) is 0 Å². The third-order valence-electron chi connectivity index (χ3n) is 8.08. The molecule has 1 aliphatic rings. The molecule has 0 saturated heterocycles. The van der Waals surface area contributed by atoms with Crippen molar-refractivity contribution in [2.45, 2.75) is 52.7 Å². The monoisotopic (exact) mass is 568 g/mol. The van der Waals surface area contributed by atoms with Gasteiger partial charge < -0.3 is 24.8 Å². The van der Waals surface area contributed by atoms with E-state index < -0.39 is 24.6 Å². The van der Waals surface area contributed by atoms with E-state index in [1.165, 1.54) is 0 Å². The second kappa shape index (κ2) is 12.3. The molecule has 5 rings (SSSR count). The molecule has 0 bridgehead atoms. The van der Waals surface area contributed by atoms with Crippen molar-refractivity contribution in [3.8, 4) is 34.0 Å². The normalized spacial score (nSPS) is 15.0. The minimum atomic E-state index is -0.993. The van der Waals surface area contributed by atoms with Crippen LogP contribution in [0.15, 0.2) is 60.7 Å². The summed E-state index contributed by atoms with van der Waals surface area (Å²) in [4.78, 5) is 21.0. The minimum Gasteiger partial charge on any atom is -0.489 e. The Bertz CT molecular complexity index is 1590. The highest BCUT2D eigenvalue weighted by atomic mass is 16.5. The van der Waals surface area contributed by atoms with E-state index in [9.17, 15) is 15.0 Å². The molecule has 42 heavy (non-hydrogen) atoms. The Hall–Kier alpha value is -4.27. The Kier molecular flexibility index (Phi) is 8.56. The number of hydrogen-bond donors (Lipinski definition) is 3. The fourth-order valence-electron chi connectivity index (χ4n) is 5.93. The van der Waals surface area contributed by atoms with Crippen LogP contribution in [-0.4, -0.2) is 50.6 Å². The number of hydrogen-bond acceptors (Lipinski definition) is 7. The quantitative estimate of drug-likeness (QED) is 0.214. The van der Waals surface area contributed by atoms with Gasteiger partial charge in [0.05, 0.1) is 23.9 Å². The fraction of sp³-hybridized carbons (Fsp3) is 0.324. The van der Waals surface area contributed by atoms with E-state index in [4.69, 9.17) is 14.6 Å². The number of carboxylic acids is 1. The van der Waals surface area contributed by atoms with Crippen molar-refractivity contribution in [3.63, 3.8) is 0 Å². The predicted octanol–water partition coefficient (Wildman–Crippen LogP) is 5.60. The van der Waals surface area contributed by atoms with Gasteiger partial charge in [0.25, 0.3) is 0 Å². The van der Waals surface area contributed by atoms with Crippen LogP contribution < -0.4 is 9.47 Å². The number of aliphatic carboxylic acids is 1. The standard InChI is InChI=1S/C34H36N2O6/c1-5-25(33(39)40)32-28-11-7-6-10-27(28)30-15-24(13-14-29(30)32)41-17-22-9-8-12-26(19(22)2)31-20(3)35-34(36-21(31)4)42-18-23(38)16-37/h6-15,23,25,32,37-38H,5,16-18H2,1-4H3,(H,39,40)/t23-,25?,32?/m0/s1. The Balaban J connectivity index is 1.39. The molecular weight excluding hydrogens is 532 g/mol. The summed E-state index contributed by atoms with van der Waals surface area (Å²) >= 11 is 0. The van der Waals surface area contributed by atoms with Gasteiger partial charge >= 0.3 is 12.0 Å². The molecular formula is C34H36N2O6. The number of aliphatic hydroxyl groups is 2. The molecule has 2 unspecified atom stereocenters. The van der Waals surface area contributed by atoms with Gasteiger partial charge in [0.15, 0.2) is 0 Å². The number of aliphatic hydroxyl groups excluding tert-OH is 2. The van der Waals surface area contributed by atoms with Gasteiger partial charge in [-0.2, -0.15) is 9.97 Å². The number of nitrogens with zero attached hydrogens (tertiary/aromatic N) is 2. The summed E-state index contributed by atoms with van der Waals surface area (Å²) < 4.78 is 11.8. The van der Waals surface area contributed by atoms with E-state index in [0.29, 0.717) is 13.0 Å². The number of benzene rings is 3. The number of rotatable bonds is 11. The zero-order valence-corrected chi connectivity index (χ0v) is 24.3. The molecule has 4 aromatic rings. The molecule has 3 aromatic carbocycles. The maximum atomic E-state index is 12.1. The third-order valence-corrected chi connectivity index (χ3v) is 8.08. The molecule has 8 nitrogen and oxygen atoms in total. The van der Waals surface area contributed by atoms with Crippen molar-refractivity contribution < 1.29 is 29.6 Å². The van der Waals surface area contributed by atoms with Gasteiger partial charge in [-0.25, -0.2) is 0 Å². The predicted molar refractivity (Wildman–Crippen MR) is 160 cm³/mol. The first kappa shape index (κ1) is 29.2. The molecule has 3 atom stereocenters. The molecule has 3 N–H and O–H groups in total. The Morgan fingerprint density at radius 3 is 2.29 bits per heavy atom. The molecule has 0 spiro atoms. The molecule has 1 heterocycles. The maximum absolute atomic E-state index is 12.1. The van der Waals surface area contributed by atoms with Gasteiger partial charge in [-0.05, 0) is 78.3 Å². The summed E-state index contributed by atoms with van der Waals surface area (Å²) in [5.41, 5.74) is 9.64. The molecule has 1 aromatic heterocycles. The van der Waals surface area contributed by atoms with Crippen LogP contribution in [0.2, 0.25) is 0 Å². The number of ether oxygens (including phenoxy) is 2. The van der Waals surface area contributed by atoms with Crippen LogP contribution >= 0.6 is 0 Å². The summed E-state index contributed by atoms with van der Waals surface area (Å²) in [5, 5.41) is 28.5. The number of aryl methyl sites for hydroxylation is 2. The molecule has 0 saturated carbocycles. The van der Waals surface area contributed by atoms with E-state index in [-0.39, 0.29) is 18.5 Å². The first-order valence-corrected chi connectivity index (χ1v) is 14.2. The van der Waals surface area contributed by atoms with Crippen molar-refractivity contribution in [2.24, 2.45) is 5.92 Å². The van der Waals surface area contributed by atoms with Crippen molar-refractivity contribution in [3.05, 3.63) is 94.3 Å². The number of carboxylic acid groups (broad SMARTS) is 1. The van der Waals surface area contributed by atoms with Crippen molar-refractivity contribution in [1.82, 2.24) is 9.97 Å². The highest BCUT2D eigenvalue weighted by Gasteiger charge is 2.37. The highest BCUT2D eigenvalue weighted by molar-refractivity contribution is 5.83. The van der Waals surface area contributed by atoms with Gasteiger partial charge in [-0.1, -0.05) is 55.5 Å². The second-order valence-electron chi connectivity index (χ2n) is 10.7. The molecule has 1 aliphatic carbocycles. The van der Waals surface area contributed by atoms with Gasteiger partial charge in [0, 0.05) is 11.5 Å². The van der Waals surface area contributed by atoms with E-state index in [2.05, 4.69) is 23.0 Å². The van der Waals surface area contributed by atoms with Gasteiger partial charge in [-0.3, -0.25) is 4.79 Å². The van der Waals surface area contributed by atoms with Crippen LogP contribution in [0.4, 0.5) is 0 Å². The maximum Gasteiger partial charge on any atom is 0.316 e. The lowest BCUT2D eigenvalue weighted by molar-refractivity contribution is -0.142. The van der Waals surface area contributed by atoms with E-state index in [1.807, 2.05) is 75.4 Å². The average Bonchev–Trinajstić information content (AvgIpc) is 3.29. The number of carbonyl (C=O) groups is 1. The Morgan fingerprint density at radius 1 is 0.905 bits per heavy atom. The summed E-state index contributed by atoms with van der Waals surface area (Å²) in [6, 6.07) is 20.2. The highest BCUT2D eigenvalue weighted by Crippen LogP contribution is 2.50. The summed E-state index contributed by atoms with van der Waals surface area (Å²) in [6.45, 7) is 7.64. The molecule has 218 valence electrons. The first-order valence-electron chi connectivity index (χ1n) is 14.2. The summed E-state index contributed by atoms with van der Waals surface area (Å²) in [7, 11) is 0. The molecule has 0 aliphatic heterocycles. The lowest BCUT2D eigenvalue weighted by atomic mass is 9.82. The van der Waals surface area contributed by atoms with Crippen molar-refractivity contribution in [1.29, 1.82) is 0 Å². The van der Waals surface area contributed by atoms with Crippen LogP contribution in [0.25, 0.3) is 22.3 Å². The van der Waals surface area contributed by atoms with Crippen molar-refractivity contribution >= 4 is 5.97 Å². The average molecular weight is 569 g/mol. The van der Waals surface area contributed by atoms with Crippen LogP contribution in [0.1, 0.15) is 52.9 Å². The number of fused-ring (bicyclic) bond motifs is 3. The second-order valence-corrected chi connectivity index (χ2v) is 10.7. The topological polar surface area (TPSA) is 122 Å². The zero-order valence-electron chi connectivity index (χ0n) is 24.3. The van der Waals surface area contributed by atoms with Crippen molar-refractivity contribution in [2.75, 3.05) is 13.2 Å². The summed E-state index contributed by atoms with van der Waals surface area (Å²) in [6.07, 6.45) is -0.443.